The molecule has 0 saturated heterocycles. The zero-order chi connectivity index (χ0) is 9.19. The Kier molecular flexibility index (Phi) is 2.74. The molecule has 5 heteroatoms. The average molecular weight is 195 g/mol. The molecule has 1 rings (SSSR count). The zero-order valence-electron chi connectivity index (χ0n) is 6.19. The van der Waals surface area contributed by atoms with E-state index < -0.39 is 11.1 Å². The SMILES string of the molecule is NCCc1ccc(C(F)(F)F)s1. The number of hydrogen-bond acceptors (Lipinski definition) is 2. The van der Waals surface area contributed by atoms with Gasteiger partial charge >= 0.3 is 6.18 Å². The maximum absolute atomic E-state index is 12.0. The summed E-state index contributed by atoms with van der Waals surface area (Å²) in [6.07, 6.45) is -3.70. The number of hydrogen-bond donors (Lipinski definition) is 1. The fourth-order valence-corrected chi connectivity index (χ4v) is 1.70. The lowest BCUT2D eigenvalue weighted by atomic mass is 10.3. The molecule has 0 atom stereocenters. The highest BCUT2D eigenvalue weighted by atomic mass is 32.1. The van der Waals surface area contributed by atoms with Crippen molar-refractivity contribution in [3.63, 3.8) is 0 Å². The molecule has 0 saturated carbocycles. The van der Waals surface area contributed by atoms with Crippen LogP contribution < -0.4 is 5.73 Å². The third-order valence-electron chi connectivity index (χ3n) is 1.33. The van der Waals surface area contributed by atoms with Crippen molar-refractivity contribution in [1.29, 1.82) is 0 Å². The first kappa shape index (κ1) is 9.54. The number of nitrogens with two attached hydrogens (primary N) is 1. The van der Waals surface area contributed by atoms with E-state index in [9.17, 15) is 13.2 Å². The van der Waals surface area contributed by atoms with Gasteiger partial charge < -0.3 is 5.73 Å². The van der Waals surface area contributed by atoms with Crippen LogP contribution in [0.15, 0.2) is 12.1 Å². The van der Waals surface area contributed by atoms with E-state index in [0.717, 1.165) is 17.4 Å². The molecular weight excluding hydrogens is 187 g/mol. The van der Waals surface area contributed by atoms with Crippen molar-refractivity contribution in [2.45, 2.75) is 12.6 Å². The minimum absolute atomic E-state index is 0.387. The maximum atomic E-state index is 12.0. The van der Waals surface area contributed by atoms with Gasteiger partial charge in [-0.25, -0.2) is 0 Å². The Morgan fingerprint density at radius 3 is 2.42 bits per heavy atom. The van der Waals surface area contributed by atoms with Crippen molar-refractivity contribution in [3.05, 3.63) is 21.9 Å². The van der Waals surface area contributed by atoms with E-state index in [-0.39, 0.29) is 0 Å². The number of thiophene rings is 1. The molecule has 1 heterocycles. The van der Waals surface area contributed by atoms with E-state index in [4.69, 9.17) is 5.73 Å². The van der Waals surface area contributed by atoms with Crippen LogP contribution in [0, 0.1) is 0 Å². The first-order valence-corrected chi connectivity index (χ1v) is 4.21. The van der Waals surface area contributed by atoms with Crippen molar-refractivity contribution in [3.8, 4) is 0 Å². The summed E-state index contributed by atoms with van der Waals surface area (Å²) in [5, 5.41) is 0. The summed E-state index contributed by atoms with van der Waals surface area (Å²) in [6, 6.07) is 2.57. The first-order valence-electron chi connectivity index (χ1n) is 3.40. The molecule has 2 N–H and O–H groups in total. The molecule has 12 heavy (non-hydrogen) atoms. The Hall–Kier alpha value is -0.550. The summed E-state index contributed by atoms with van der Waals surface area (Å²) < 4.78 is 36.1. The van der Waals surface area contributed by atoms with Crippen molar-refractivity contribution in [2.75, 3.05) is 6.54 Å². The van der Waals surface area contributed by atoms with E-state index in [0.29, 0.717) is 17.8 Å². The number of alkyl halides is 3. The Bertz CT molecular complexity index is 253. The van der Waals surface area contributed by atoms with E-state index in [1.54, 1.807) is 0 Å². The molecule has 0 bridgehead atoms. The lowest BCUT2D eigenvalue weighted by Gasteiger charge is -2.00. The maximum Gasteiger partial charge on any atom is 0.425 e. The Morgan fingerprint density at radius 2 is 2.00 bits per heavy atom. The van der Waals surface area contributed by atoms with Crippen molar-refractivity contribution in [1.82, 2.24) is 0 Å². The standard InChI is InChI=1S/C7H8F3NS/c8-7(9,10)6-2-1-5(12-6)3-4-11/h1-2H,3-4,11H2. The predicted octanol–water partition coefficient (Wildman–Crippen LogP) is 2.27. The molecule has 0 aromatic carbocycles. The van der Waals surface area contributed by atoms with Gasteiger partial charge in [-0.2, -0.15) is 13.2 Å². The third-order valence-corrected chi connectivity index (χ3v) is 2.52. The van der Waals surface area contributed by atoms with Gasteiger partial charge in [0, 0.05) is 4.88 Å². The lowest BCUT2D eigenvalue weighted by molar-refractivity contribution is -0.134. The van der Waals surface area contributed by atoms with Gasteiger partial charge in [0.15, 0.2) is 0 Å². The average Bonchev–Trinajstić information content (AvgIpc) is 2.35. The molecule has 1 aromatic rings. The van der Waals surface area contributed by atoms with Gasteiger partial charge in [-0.05, 0) is 25.1 Å². The molecule has 1 aromatic heterocycles. The highest BCUT2D eigenvalue weighted by molar-refractivity contribution is 7.12. The molecule has 0 aliphatic carbocycles. The van der Waals surface area contributed by atoms with Crippen molar-refractivity contribution in [2.24, 2.45) is 5.73 Å². The topological polar surface area (TPSA) is 26.0 Å². The minimum Gasteiger partial charge on any atom is -0.330 e. The molecule has 0 aliphatic heterocycles. The summed E-state index contributed by atoms with van der Waals surface area (Å²) in [5.74, 6) is 0. The van der Waals surface area contributed by atoms with Gasteiger partial charge in [0.1, 0.15) is 4.88 Å². The molecule has 0 amide bonds. The molecule has 0 aliphatic rings. The summed E-state index contributed by atoms with van der Waals surface area (Å²) in [5.41, 5.74) is 5.20. The van der Waals surface area contributed by atoms with E-state index in [1.165, 1.54) is 6.07 Å². The van der Waals surface area contributed by atoms with Gasteiger partial charge in [0.25, 0.3) is 0 Å². The molecule has 0 fully saturated rings. The van der Waals surface area contributed by atoms with Gasteiger partial charge in [0.05, 0.1) is 0 Å². The second kappa shape index (κ2) is 3.45. The first-order chi connectivity index (χ1) is 5.54. The van der Waals surface area contributed by atoms with Crippen LogP contribution in [0.4, 0.5) is 13.2 Å². The van der Waals surface area contributed by atoms with Crippen LogP contribution in [0.1, 0.15) is 9.75 Å². The molecule has 0 radical (unpaired) electrons. The Balaban J connectivity index is 2.77. The molecule has 0 unspecified atom stereocenters. The second-order valence-electron chi connectivity index (χ2n) is 2.30. The van der Waals surface area contributed by atoms with Crippen LogP contribution in [0.25, 0.3) is 0 Å². The van der Waals surface area contributed by atoms with Gasteiger partial charge in [-0.1, -0.05) is 0 Å². The van der Waals surface area contributed by atoms with Crippen molar-refractivity contribution >= 4 is 11.3 Å². The minimum atomic E-state index is -4.21. The van der Waals surface area contributed by atoms with Gasteiger partial charge in [-0.15, -0.1) is 11.3 Å². The molecule has 1 nitrogen and oxygen atoms in total. The Morgan fingerprint density at radius 1 is 1.33 bits per heavy atom. The van der Waals surface area contributed by atoms with Gasteiger partial charge in [0.2, 0.25) is 0 Å². The molecular formula is C7H8F3NS. The zero-order valence-corrected chi connectivity index (χ0v) is 7.00. The van der Waals surface area contributed by atoms with Crippen molar-refractivity contribution < 1.29 is 13.2 Å². The lowest BCUT2D eigenvalue weighted by Crippen LogP contribution is -2.01. The highest BCUT2D eigenvalue weighted by Crippen LogP contribution is 2.34. The summed E-state index contributed by atoms with van der Waals surface area (Å²) in [7, 11) is 0. The monoisotopic (exact) mass is 195 g/mol. The Labute approximate surface area is 72.0 Å². The molecule has 0 spiro atoms. The quantitative estimate of drug-likeness (QED) is 0.769. The van der Waals surface area contributed by atoms with E-state index >= 15 is 0 Å². The fourth-order valence-electron chi connectivity index (χ4n) is 0.807. The summed E-state index contributed by atoms with van der Waals surface area (Å²) in [4.78, 5) is 0.135. The number of halogens is 3. The second-order valence-corrected chi connectivity index (χ2v) is 3.47. The van der Waals surface area contributed by atoms with Crippen LogP contribution in [-0.4, -0.2) is 6.54 Å². The largest absolute Gasteiger partial charge is 0.425 e. The van der Waals surface area contributed by atoms with Crippen LogP contribution in [0.5, 0.6) is 0 Å². The smallest absolute Gasteiger partial charge is 0.330 e. The summed E-state index contributed by atoms with van der Waals surface area (Å²) >= 11 is 0.759. The van der Waals surface area contributed by atoms with E-state index in [1.807, 2.05) is 0 Å². The third kappa shape index (κ3) is 2.22. The molecule has 68 valence electrons. The van der Waals surface area contributed by atoms with E-state index in [2.05, 4.69) is 0 Å². The normalized spacial score (nSPS) is 12.0. The summed E-state index contributed by atoms with van der Waals surface area (Å²) in [6.45, 7) is 0.387. The van der Waals surface area contributed by atoms with Gasteiger partial charge in [-0.3, -0.25) is 0 Å². The fraction of sp³-hybridized carbons (Fsp3) is 0.429. The van der Waals surface area contributed by atoms with Crippen LogP contribution in [0.3, 0.4) is 0 Å². The highest BCUT2D eigenvalue weighted by Gasteiger charge is 2.32. The van der Waals surface area contributed by atoms with Crippen LogP contribution in [0.2, 0.25) is 0 Å². The van der Waals surface area contributed by atoms with Crippen LogP contribution in [-0.2, 0) is 12.6 Å². The predicted molar refractivity (Wildman–Crippen MR) is 42.1 cm³/mol. The number of rotatable bonds is 2. The van der Waals surface area contributed by atoms with Crippen LogP contribution >= 0.6 is 11.3 Å².